The van der Waals surface area contributed by atoms with Gasteiger partial charge in [-0.25, -0.2) is 9.18 Å². The van der Waals surface area contributed by atoms with Crippen LogP contribution in [0.2, 0.25) is 0 Å². The molecule has 2 rings (SSSR count). The molecule has 0 saturated carbocycles. The number of amides is 2. The fourth-order valence-corrected chi connectivity index (χ4v) is 2.39. The average Bonchev–Trinajstić information content (AvgIpc) is 2.46. The highest BCUT2D eigenvalue weighted by Crippen LogP contribution is 2.17. The fraction of sp³-hybridized carbons (Fsp3) is 0.529. The summed E-state index contributed by atoms with van der Waals surface area (Å²) in [5.41, 5.74) is 0.225. The maximum absolute atomic E-state index is 14.3. The first-order valence-corrected chi connectivity index (χ1v) is 7.71. The monoisotopic (exact) mass is 322 g/mol. The van der Waals surface area contributed by atoms with E-state index in [1.54, 1.807) is 20.8 Å². The maximum atomic E-state index is 14.3. The van der Waals surface area contributed by atoms with Crippen molar-refractivity contribution in [3.8, 4) is 0 Å². The molecule has 1 aromatic carbocycles. The second-order valence-corrected chi connectivity index (χ2v) is 6.61. The molecule has 0 aliphatic carbocycles. The van der Waals surface area contributed by atoms with Gasteiger partial charge in [-0.05, 0) is 26.3 Å². The molecule has 1 atom stereocenters. The Kier molecular flexibility index (Phi) is 5.23. The van der Waals surface area contributed by atoms with Crippen molar-refractivity contribution < 1.29 is 18.7 Å². The summed E-state index contributed by atoms with van der Waals surface area (Å²) in [4.78, 5) is 26.7. The summed E-state index contributed by atoms with van der Waals surface area (Å²) < 4.78 is 19.5. The fourth-order valence-electron chi connectivity index (χ4n) is 2.39. The van der Waals surface area contributed by atoms with Crippen molar-refractivity contribution in [2.45, 2.75) is 39.1 Å². The highest BCUT2D eigenvalue weighted by atomic mass is 19.1. The maximum Gasteiger partial charge on any atom is 0.410 e. The second-order valence-electron chi connectivity index (χ2n) is 6.61. The number of rotatable bonds is 2. The molecular weight excluding hydrogens is 299 g/mol. The van der Waals surface area contributed by atoms with Gasteiger partial charge < -0.3 is 14.5 Å². The average molecular weight is 322 g/mol. The number of hydrogen-bond donors (Lipinski definition) is 0. The normalized spacial score (nSPS) is 18.7. The molecule has 2 amide bonds. The second kappa shape index (κ2) is 6.98. The largest absolute Gasteiger partial charge is 0.444 e. The summed E-state index contributed by atoms with van der Waals surface area (Å²) in [6.45, 7) is 5.57. The molecule has 23 heavy (non-hydrogen) atoms. The van der Waals surface area contributed by atoms with E-state index < -0.39 is 18.0 Å². The minimum Gasteiger partial charge on any atom is -0.444 e. The molecule has 0 radical (unpaired) electrons. The van der Waals surface area contributed by atoms with E-state index >= 15 is 0 Å². The lowest BCUT2D eigenvalue weighted by Crippen LogP contribution is -2.55. The zero-order valence-electron chi connectivity index (χ0n) is 13.8. The van der Waals surface area contributed by atoms with Gasteiger partial charge in [0.2, 0.25) is 5.91 Å². The first kappa shape index (κ1) is 17.2. The molecule has 0 bridgehead atoms. The summed E-state index contributed by atoms with van der Waals surface area (Å²) in [6, 6.07) is 9.22. The van der Waals surface area contributed by atoms with Crippen molar-refractivity contribution in [1.82, 2.24) is 9.80 Å². The van der Waals surface area contributed by atoms with Gasteiger partial charge in [0.15, 0.2) is 6.30 Å². The third kappa shape index (κ3) is 4.94. The lowest BCUT2D eigenvalue weighted by Gasteiger charge is -2.38. The number of ether oxygens (including phenoxy) is 1. The summed E-state index contributed by atoms with van der Waals surface area (Å²) in [5.74, 6) is -0.271. The van der Waals surface area contributed by atoms with E-state index in [4.69, 9.17) is 4.74 Å². The Bertz CT molecular complexity index is 557. The van der Waals surface area contributed by atoms with Gasteiger partial charge in [0.25, 0.3) is 0 Å². The van der Waals surface area contributed by atoms with Crippen LogP contribution in [0.1, 0.15) is 26.3 Å². The van der Waals surface area contributed by atoms with Gasteiger partial charge in [0, 0.05) is 13.1 Å². The van der Waals surface area contributed by atoms with Gasteiger partial charge in [-0.15, -0.1) is 0 Å². The van der Waals surface area contributed by atoms with Crippen LogP contribution in [-0.4, -0.2) is 53.3 Å². The molecule has 1 heterocycles. The topological polar surface area (TPSA) is 49.9 Å². The van der Waals surface area contributed by atoms with Crippen LogP contribution in [0.5, 0.6) is 0 Å². The number of benzene rings is 1. The molecule has 6 heteroatoms. The van der Waals surface area contributed by atoms with Gasteiger partial charge in [-0.1, -0.05) is 30.3 Å². The van der Waals surface area contributed by atoms with Crippen LogP contribution in [0.15, 0.2) is 30.3 Å². The molecule has 1 fully saturated rings. The predicted molar refractivity (Wildman–Crippen MR) is 84.6 cm³/mol. The van der Waals surface area contributed by atoms with Crippen LogP contribution >= 0.6 is 0 Å². The van der Waals surface area contributed by atoms with E-state index in [0.29, 0.717) is 0 Å². The molecule has 0 spiro atoms. The van der Waals surface area contributed by atoms with E-state index in [1.807, 2.05) is 30.3 Å². The number of hydrogen-bond acceptors (Lipinski definition) is 3. The third-order valence-corrected chi connectivity index (χ3v) is 3.49. The van der Waals surface area contributed by atoms with Crippen LogP contribution in [0.3, 0.4) is 0 Å². The number of nitrogens with zero attached hydrogens (tertiary/aromatic N) is 2. The molecule has 1 saturated heterocycles. The van der Waals surface area contributed by atoms with E-state index in [-0.39, 0.29) is 32.0 Å². The standard InChI is InChI=1S/C17H23FN2O3/c1-17(2,3)23-16(22)19-9-10-20(14(18)12-19)15(21)11-13-7-5-4-6-8-13/h4-8,14H,9-12H2,1-3H3. The van der Waals surface area contributed by atoms with E-state index in [1.165, 1.54) is 9.80 Å². The number of carbonyl (C=O) groups excluding carboxylic acids is 2. The van der Waals surface area contributed by atoms with Crippen LogP contribution in [0, 0.1) is 0 Å². The molecule has 1 aliphatic rings. The van der Waals surface area contributed by atoms with Crippen molar-refractivity contribution in [1.29, 1.82) is 0 Å². The highest BCUT2D eigenvalue weighted by Gasteiger charge is 2.34. The van der Waals surface area contributed by atoms with Gasteiger partial charge in [0.1, 0.15) is 5.60 Å². The molecule has 1 unspecified atom stereocenters. The highest BCUT2D eigenvalue weighted by molar-refractivity contribution is 5.79. The molecule has 0 aromatic heterocycles. The van der Waals surface area contributed by atoms with Gasteiger partial charge in [-0.2, -0.15) is 0 Å². The number of alkyl halides is 1. The van der Waals surface area contributed by atoms with Gasteiger partial charge in [0.05, 0.1) is 13.0 Å². The Labute approximate surface area is 136 Å². The van der Waals surface area contributed by atoms with E-state index in [2.05, 4.69) is 0 Å². The molecule has 5 nitrogen and oxygen atoms in total. The Morgan fingerprint density at radius 1 is 1.22 bits per heavy atom. The van der Waals surface area contributed by atoms with Gasteiger partial charge in [-0.3, -0.25) is 4.79 Å². The summed E-state index contributed by atoms with van der Waals surface area (Å²) in [5, 5.41) is 0. The summed E-state index contributed by atoms with van der Waals surface area (Å²) >= 11 is 0. The van der Waals surface area contributed by atoms with E-state index in [9.17, 15) is 14.0 Å². The molecule has 1 aromatic rings. The lowest BCUT2D eigenvalue weighted by atomic mass is 10.1. The Hall–Kier alpha value is -2.11. The number of halogens is 1. The van der Waals surface area contributed by atoms with Crippen molar-refractivity contribution in [3.63, 3.8) is 0 Å². The molecule has 0 N–H and O–H groups in total. The predicted octanol–water partition coefficient (Wildman–Crippen LogP) is 2.60. The molecular formula is C17H23FN2O3. The summed E-state index contributed by atoms with van der Waals surface area (Å²) in [7, 11) is 0. The van der Waals surface area contributed by atoms with Crippen molar-refractivity contribution in [3.05, 3.63) is 35.9 Å². The quantitative estimate of drug-likeness (QED) is 0.787. The number of carbonyl (C=O) groups is 2. The van der Waals surface area contributed by atoms with Crippen molar-refractivity contribution >= 4 is 12.0 Å². The number of piperazine rings is 1. The van der Waals surface area contributed by atoms with Crippen LogP contribution in [0.25, 0.3) is 0 Å². The minimum atomic E-state index is -1.51. The lowest BCUT2D eigenvalue weighted by molar-refractivity contribution is -0.140. The third-order valence-electron chi connectivity index (χ3n) is 3.49. The van der Waals surface area contributed by atoms with Crippen LogP contribution < -0.4 is 0 Å². The first-order valence-electron chi connectivity index (χ1n) is 7.71. The summed E-state index contributed by atoms with van der Waals surface area (Å²) in [6.07, 6.45) is -1.89. The Morgan fingerprint density at radius 3 is 2.43 bits per heavy atom. The van der Waals surface area contributed by atoms with Crippen molar-refractivity contribution in [2.75, 3.05) is 19.6 Å². The van der Waals surface area contributed by atoms with Crippen LogP contribution in [0.4, 0.5) is 9.18 Å². The zero-order valence-corrected chi connectivity index (χ0v) is 13.8. The SMILES string of the molecule is CC(C)(C)OC(=O)N1CCN(C(=O)Cc2ccccc2)C(F)C1. The molecule has 1 aliphatic heterocycles. The Morgan fingerprint density at radius 2 is 1.87 bits per heavy atom. The minimum absolute atomic E-state index is 0.157. The van der Waals surface area contributed by atoms with Crippen molar-refractivity contribution in [2.24, 2.45) is 0 Å². The first-order chi connectivity index (χ1) is 10.8. The van der Waals surface area contributed by atoms with E-state index in [0.717, 1.165) is 5.56 Å². The Balaban J connectivity index is 1.91. The van der Waals surface area contributed by atoms with Gasteiger partial charge >= 0.3 is 6.09 Å². The smallest absolute Gasteiger partial charge is 0.410 e. The zero-order chi connectivity index (χ0) is 17.0. The van der Waals surface area contributed by atoms with Crippen LogP contribution in [-0.2, 0) is 16.0 Å². The molecule has 126 valence electrons.